The number of nitrogens with zero attached hydrogens (tertiary/aromatic N) is 1. The van der Waals surface area contributed by atoms with Gasteiger partial charge in [0.25, 0.3) is 20.2 Å². The van der Waals surface area contributed by atoms with Crippen molar-refractivity contribution in [3.63, 3.8) is 0 Å². The van der Waals surface area contributed by atoms with E-state index in [1.807, 2.05) is 88.3 Å². The van der Waals surface area contributed by atoms with Gasteiger partial charge in [-0.25, -0.2) is 4.99 Å². The summed E-state index contributed by atoms with van der Waals surface area (Å²) in [4.78, 5) is 30.2. The van der Waals surface area contributed by atoms with E-state index in [1.54, 1.807) is 31.2 Å². The zero-order valence-corrected chi connectivity index (χ0v) is 39.9. The maximum atomic E-state index is 13.3. The molecule has 13 nitrogen and oxygen atoms in total. The Morgan fingerprint density at radius 1 is 0.625 bits per heavy atom. The van der Waals surface area contributed by atoms with Crippen LogP contribution in [0.5, 0.6) is 0 Å². The molecule has 4 aromatic carbocycles. The first kappa shape index (κ1) is 47.6. The first-order valence-corrected chi connectivity index (χ1v) is 23.6. The number of carbonyl (C=O) groups excluding carboxylic acids is 2. The molecule has 1 aliphatic carbocycles. The maximum absolute atomic E-state index is 13.3. The van der Waals surface area contributed by atoms with E-state index in [9.17, 15) is 35.5 Å². The van der Waals surface area contributed by atoms with Gasteiger partial charge >= 0.3 is 0 Å². The predicted octanol–water partition coefficient (Wildman–Crippen LogP) is 11.3. The Morgan fingerprint density at radius 3 is 1.72 bits per heavy atom. The van der Waals surface area contributed by atoms with E-state index in [1.165, 1.54) is 30.3 Å². The molecule has 0 saturated heterocycles. The van der Waals surface area contributed by atoms with Gasteiger partial charge in [-0.15, -0.1) is 0 Å². The first-order valence-electron chi connectivity index (χ1n) is 20.7. The third-order valence-electron chi connectivity index (χ3n) is 10.8. The van der Waals surface area contributed by atoms with Crippen LogP contribution in [0.3, 0.4) is 0 Å². The number of amides is 2. The molecule has 0 unspecified atom stereocenters. The molecule has 1 heterocycles. The van der Waals surface area contributed by atoms with Gasteiger partial charge in [0, 0.05) is 64.1 Å². The number of benzene rings is 5. The van der Waals surface area contributed by atoms with E-state index in [-0.39, 0.29) is 62.6 Å². The molecule has 64 heavy (non-hydrogen) atoms. The molecule has 338 valence electrons. The Balaban J connectivity index is 1.62. The molecule has 4 aromatic rings. The Hall–Kier alpha value is -5.87. The van der Waals surface area contributed by atoms with Crippen molar-refractivity contribution in [2.45, 2.75) is 106 Å². The number of hydrogen-bond acceptors (Lipinski definition) is 9. The van der Waals surface area contributed by atoms with Crippen molar-refractivity contribution in [2.24, 2.45) is 15.8 Å². The zero-order valence-electron chi connectivity index (χ0n) is 38.3. The van der Waals surface area contributed by atoms with Crippen molar-refractivity contribution in [1.82, 2.24) is 0 Å². The highest BCUT2D eigenvalue weighted by molar-refractivity contribution is 7.86. The average Bonchev–Trinajstić information content (AvgIpc) is 3.15. The lowest BCUT2D eigenvalue weighted by Crippen LogP contribution is -2.21. The Labute approximate surface area is 375 Å². The molecular formula is C49H56N4O9S2. The molecule has 2 amide bonds. The highest BCUT2D eigenvalue weighted by atomic mass is 32.2. The van der Waals surface area contributed by atoms with Crippen LogP contribution in [0.2, 0.25) is 0 Å². The van der Waals surface area contributed by atoms with Gasteiger partial charge in [-0.3, -0.25) is 18.7 Å². The maximum Gasteiger partial charge on any atom is 0.296 e. The first-order chi connectivity index (χ1) is 29.5. The van der Waals surface area contributed by atoms with E-state index in [0.29, 0.717) is 51.2 Å². The molecule has 1 aliphatic heterocycles. The van der Waals surface area contributed by atoms with Crippen LogP contribution in [0.4, 0.5) is 28.4 Å². The molecule has 0 bridgehead atoms. The smallest absolute Gasteiger partial charge is 0.296 e. The molecule has 0 fully saturated rings. The van der Waals surface area contributed by atoms with Gasteiger partial charge in [0.15, 0.2) is 0 Å². The van der Waals surface area contributed by atoms with E-state index < -0.39 is 30.0 Å². The number of fused-ring (bicyclic) bond motifs is 2. The molecule has 0 aromatic heterocycles. The normalized spacial score (nSPS) is 12.8. The van der Waals surface area contributed by atoms with Crippen LogP contribution in [-0.4, -0.2) is 37.8 Å². The van der Waals surface area contributed by atoms with Crippen molar-refractivity contribution in [2.75, 3.05) is 16.0 Å². The Bertz CT molecular complexity index is 3160. The summed E-state index contributed by atoms with van der Waals surface area (Å²) in [5.41, 5.74) is 7.03. The standard InChI is InChI=1S/C49H56N4O9S2/c1-26-19-28(3)46(52-41(54)24-48(7,8)9)30(5)44(26)50-32-17-18-33-37(21-32)62-38-23-36(51-45-27(2)20-29(4)47(31(45)6)53-42(55)25-49(10,11)12)40(64(59,60)61)22-35(38)43(33)34-15-13-14-16-39(34)63(56,57)58/h13-23,51H,24-25H2,1-12H3,(H,52,54)(H,53,55)(H,56,57,58)(H,59,60,61). The SMILES string of the molecule is Cc1cc(C)c(NC(=O)CC(C)(C)C)c(C)c1N=c1ccc2c(-c3ccccc3S(=O)(=O)O)c3cc(S(=O)(=O)O)c(Nc4c(C)cc(C)c(NC(=O)CC(C)(C)C)c4C)cc3oc-2c1. The quantitative estimate of drug-likeness (QED) is 0.0649. The summed E-state index contributed by atoms with van der Waals surface area (Å²) in [6, 6.07) is 17.2. The van der Waals surface area contributed by atoms with Crippen molar-refractivity contribution >= 4 is 71.5 Å². The van der Waals surface area contributed by atoms with Crippen molar-refractivity contribution in [3.8, 4) is 22.5 Å². The summed E-state index contributed by atoms with van der Waals surface area (Å²) in [6.45, 7) is 23.1. The predicted molar refractivity (Wildman–Crippen MR) is 253 cm³/mol. The van der Waals surface area contributed by atoms with Crippen LogP contribution in [0.15, 0.2) is 85.9 Å². The largest absolute Gasteiger partial charge is 0.456 e. The lowest BCUT2D eigenvalue weighted by atomic mass is 9.91. The molecule has 2 aliphatic rings. The molecule has 0 spiro atoms. The van der Waals surface area contributed by atoms with Crippen LogP contribution in [0.25, 0.3) is 33.4 Å². The van der Waals surface area contributed by atoms with E-state index >= 15 is 0 Å². The minimum Gasteiger partial charge on any atom is -0.456 e. The lowest BCUT2D eigenvalue weighted by molar-refractivity contribution is -0.118. The average molecular weight is 909 g/mol. The highest BCUT2D eigenvalue weighted by Gasteiger charge is 2.28. The summed E-state index contributed by atoms with van der Waals surface area (Å²) < 4.78 is 80.0. The van der Waals surface area contributed by atoms with Crippen LogP contribution >= 0.6 is 0 Å². The molecule has 5 N–H and O–H groups in total. The van der Waals surface area contributed by atoms with Crippen LogP contribution in [0.1, 0.15) is 87.8 Å². The number of nitrogens with one attached hydrogen (secondary N) is 3. The monoisotopic (exact) mass is 908 g/mol. The third-order valence-corrected chi connectivity index (χ3v) is 12.6. The fourth-order valence-corrected chi connectivity index (χ4v) is 9.53. The fraction of sp³-hybridized carbons (Fsp3) is 0.327. The molecule has 6 rings (SSSR count). The van der Waals surface area contributed by atoms with E-state index in [0.717, 1.165) is 22.3 Å². The molecule has 0 radical (unpaired) electrons. The number of rotatable bonds is 10. The minimum atomic E-state index is -4.97. The van der Waals surface area contributed by atoms with Gasteiger partial charge in [-0.1, -0.05) is 71.9 Å². The molecule has 0 atom stereocenters. The second-order valence-corrected chi connectivity index (χ2v) is 21.8. The van der Waals surface area contributed by atoms with Gasteiger partial charge in [-0.2, -0.15) is 16.8 Å². The highest BCUT2D eigenvalue weighted by Crippen LogP contribution is 2.45. The van der Waals surface area contributed by atoms with Crippen LogP contribution < -0.4 is 21.3 Å². The summed E-state index contributed by atoms with van der Waals surface area (Å²) in [5.74, 6) is -0.0833. The molecule has 0 saturated carbocycles. The Morgan fingerprint density at radius 2 is 1.16 bits per heavy atom. The van der Waals surface area contributed by atoms with Crippen molar-refractivity contribution < 1.29 is 39.9 Å². The lowest BCUT2D eigenvalue weighted by Gasteiger charge is -2.23. The van der Waals surface area contributed by atoms with Crippen LogP contribution in [-0.2, 0) is 29.8 Å². The van der Waals surface area contributed by atoms with Crippen molar-refractivity contribution in [3.05, 3.63) is 105 Å². The molecular weight excluding hydrogens is 853 g/mol. The second-order valence-electron chi connectivity index (χ2n) is 19.0. The second kappa shape index (κ2) is 17.3. The number of anilines is 4. The van der Waals surface area contributed by atoms with Crippen LogP contribution in [0, 0.1) is 52.4 Å². The summed E-state index contributed by atoms with van der Waals surface area (Å²) in [7, 11) is -9.79. The van der Waals surface area contributed by atoms with E-state index in [4.69, 9.17) is 9.41 Å². The number of aryl methyl sites for hydroxylation is 4. The topological polar surface area (TPSA) is 204 Å². The van der Waals surface area contributed by atoms with E-state index in [2.05, 4.69) is 16.0 Å². The number of hydrogen-bond donors (Lipinski definition) is 5. The zero-order chi connectivity index (χ0) is 47.4. The minimum absolute atomic E-state index is 0.0456. The molecule has 15 heteroatoms. The number of carbonyl (C=O) groups is 2. The summed E-state index contributed by atoms with van der Waals surface area (Å²) in [5, 5.41) is 9.85. The summed E-state index contributed by atoms with van der Waals surface area (Å²) >= 11 is 0. The third kappa shape index (κ3) is 10.4. The van der Waals surface area contributed by atoms with Gasteiger partial charge in [0.05, 0.1) is 16.7 Å². The van der Waals surface area contributed by atoms with Gasteiger partial charge < -0.3 is 20.4 Å². The summed E-state index contributed by atoms with van der Waals surface area (Å²) in [6.07, 6.45) is 0.578. The van der Waals surface area contributed by atoms with Gasteiger partial charge in [0.1, 0.15) is 21.1 Å². The van der Waals surface area contributed by atoms with Crippen molar-refractivity contribution in [1.29, 1.82) is 0 Å². The fourth-order valence-electron chi connectivity index (χ4n) is 8.18. The Kier molecular flexibility index (Phi) is 12.8. The van der Waals surface area contributed by atoms with Gasteiger partial charge in [-0.05, 0) is 110 Å². The van der Waals surface area contributed by atoms with Gasteiger partial charge in [0.2, 0.25) is 11.8 Å².